The molecule has 2 nitrogen and oxygen atoms in total. The molecule has 1 N–H and O–H groups in total. The van der Waals surface area contributed by atoms with Crippen LogP contribution in [0.1, 0.15) is 20.8 Å². The van der Waals surface area contributed by atoms with E-state index in [4.69, 9.17) is 0 Å². The summed E-state index contributed by atoms with van der Waals surface area (Å²) in [6.45, 7) is 7.54. The number of hydrogen-bond acceptors (Lipinski definition) is 2. The minimum atomic E-state index is -0.0130. The van der Waals surface area contributed by atoms with Crippen LogP contribution in [0, 0.1) is 0 Å². The van der Waals surface area contributed by atoms with Crippen molar-refractivity contribution in [1.29, 1.82) is 0 Å². The largest absolute Gasteiger partial charge is 0.369 e. The number of para-hydroxylation sites is 1. The summed E-state index contributed by atoms with van der Waals surface area (Å²) in [5.74, 6) is 0. The zero-order valence-corrected chi connectivity index (χ0v) is 9.62. The maximum absolute atomic E-state index is 3.42. The van der Waals surface area contributed by atoms with Gasteiger partial charge in [0.15, 0.2) is 0 Å². The third-order valence-corrected chi connectivity index (χ3v) is 2.82. The lowest BCUT2D eigenvalue weighted by Gasteiger charge is -2.44. The van der Waals surface area contributed by atoms with Gasteiger partial charge in [0.05, 0.1) is 0 Å². The third kappa shape index (κ3) is 1.99. The predicted molar refractivity (Wildman–Crippen MR) is 64.8 cm³/mol. The van der Waals surface area contributed by atoms with Crippen LogP contribution in [0.25, 0.3) is 0 Å². The molecule has 0 saturated heterocycles. The van der Waals surface area contributed by atoms with E-state index in [9.17, 15) is 0 Å². The number of nitrogens with one attached hydrogen (secondary N) is 1. The molecular weight excluding hydrogens is 184 g/mol. The van der Waals surface area contributed by atoms with Crippen LogP contribution in [0.3, 0.4) is 0 Å². The molecule has 0 spiro atoms. The van der Waals surface area contributed by atoms with Crippen molar-refractivity contribution < 1.29 is 0 Å². The van der Waals surface area contributed by atoms with Crippen LogP contribution in [0.15, 0.2) is 42.1 Å². The van der Waals surface area contributed by atoms with Gasteiger partial charge in [-0.15, -0.1) is 0 Å². The average Bonchev–Trinajstić information content (AvgIpc) is 2.23. The summed E-state index contributed by atoms with van der Waals surface area (Å²) in [7, 11) is 0. The molecule has 0 radical (unpaired) electrons. The fraction of sp³-hybridized carbons (Fsp3) is 0.385. The van der Waals surface area contributed by atoms with Gasteiger partial charge >= 0.3 is 0 Å². The number of rotatable bonds is 1. The molecule has 0 bridgehead atoms. The summed E-state index contributed by atoms with van der Waals surface area (Å²) in [5.41, 5.74) is 2.61. The van der Waals surface area contributed by atoms with E-state index >= 15 is 0 Å². The van der Waals surface area contributed by atoms with Crippen molar-refractivity contribution in [2.75, 3.05) is 11.4 Å². The van der Waals surface area contributed by atoms with E-state index in [2.05, 4.69) is 67.5 Å². The number of anilines is 1. The lowest BCUT2D eigenvalue weighted by molar-refractivity contribution is 0.404. The van der Waals surface area contributed by atoms with Gasteiger partial charge in [-0.1, -0.05) is 18.2 Å². The van der Waals surface area contributed by atoms with Crippen molar-refractivity contribution in [3.63, 3.8) is 0 Å². The molecule has 0 amide bonds. The Morgan fingerprint density at radius 3 is 2.53 bits per heavy atom. The Kier molecular flexibility index (Phi) is 2.43. The first kappa shape index (κ1) is 10.1. The van der Waals surface area contributed by atoms with E-state index in [-0.39, 0.29) is 5.66 Å². The molecule has 1 aromatic rings. The lowest BCUT2D eigenvalue weighted by atomic mass is 10.1. The van der Waals surface area contributed by atoms with Gasteiger partial charge in [-0.05, 0) is 44.7 Å². The summed E-state index contributed by atoms with van der Waals surface area (Å²) >= 11 is 0. The smallest absolute Gasteiger partial charge is 0.104 e. The van der Waals surface area contributed by atoms with Gasteiger partial charge in [-0.2, -0.15) is 0 Å². The van der Waals surface area contributed by atoms with Crippen molar-refractivity contribution >= 4 is 5.69 Å². The maximum atomic E-state index is 3.42. The van der Waals surface area contributed by atoms with Gasteiger partial charge in [0.1, 0.15) is 5.66 Å². The summed E-state index contributed by atoms with van der Waals surface area (Å²) in [6.07, 6.45) is 2.11. The summed E-state index contributed by atoms with van der Waals surface area (Å²) < 4.78 is 0. The van der Waals surface area contributed by atoms with Crippen molar-refractivity contribution in [3.8, 4) is 0 Å². The quantitative estimate of drug-likeness (QED) is 0.753. The Bertz CT molecular complexity index is 365. The van der Waals surface area contributed by atoms with Crippen LogP contribution >= 0.6 is 0 Å². The van der Waals surface area contributed by atoms with Crippen LogP contribution < -0.4 is 10.2 Å². The summed E-state index contributed by atoms with van der Waals surface area (Å²) in [5, 5.41) is 3.42. The highest BCUT2D eigenvalue weighted by molar-refractivity contribution is 5.50. The van der Waals surface area contributed by atoms with Crippen molar-refractivity contribution in [2.24, 2.45) is 0 Å². The third-order valence-electron chi connectivity index (χ3n) is 2.82. The lowest BCUT2D eigenvalue weighted by Crippen LogP contribution is -2.56. The Labute approximate surface area is 91.6 Å². The molecule has 1 heterocycles. The summed E-state index contributed by atoms with van der Waals surface area (Å²) in [6, 6.07) is 10.5. The van der Waals surface area contributed by atoms with Gasteiger partial charge in [0.2, 0.25) is 0 Å². The Morgan fingerprint density at radius 2 is 1.87 bits per heavy atom. The highest BCUT2D eigenvalue weighted by atomic mass is 15.3. The van der Waals surface area contributed by atoms with Crippen LogP contribution in [0.2, 0.25) is 0 Å². The molecule has 1 aromatic carbocycles. The number of benzene rings is 1. The van der Waals surface area contributed by atoms with Gasteiger partial charge in [0, 0.05) is 12.2 Å². The van der Waals surface area contributed by atoms with Gasteiger partial charge in [-0.25, -0.2) is 0 Å². The molecule has 80 valence electrons. The second kappa shape index (κ2) is 3.61. The van der Waals surface area contributed by atoms with Crippen LogP contribution in [-0.4, -0.2) is 12.2 Å². The molecule has 1 aliphatic heterocycles. The fourth-order valence-corrected chi connectivity index (χ4v) is 1.89. The van der Waals surface area contributed by atoms with Gasteiger partial charge in [-0.3, -0.25) is 0 Å². The van der Waals surface area contributed by atoms with Gasteiger partial charge in [0.25, 0.3) is 0 Å². The predicted octanol–water partition coefficient (Wildman–Crippen LogP) is 2.74. The van der Waals surface area contributed by atoms with E-state index in [0.29, 0.717) is 0 Å². The molecule has 1 aliphatic rings. The maximum Gasteiger partial charge on any atom is 0.104 e. The van der Waals surface area contributed by atoms with Crippen molar-refractivity contribution in [2.45, 2.75) is 26.4 Å². The summed E-state index contributed by atoms with van der Waals surface area (Å²) in [4.78, 5) is 2.38. The molecule has 0 aliphatic carbocycles. The standard InChI is InChI=1S/C13H18N2/c1-11-9-14-13(2,3)15(10-11)12-7-5-4-6-8-12/h4-9,14H,10H2,1-3H3. The molecule has 0 atom stereocenters. The monoisotopic (exact) mass is 202 g/mol. The van der Waals surface area contributed by atoms with Crippen LogP contribution in [0.4, 0.5) is 5.69 Å². The molecule has 15 heavy (non-hydrogen) atoms. The highest BCUT2D eigenvalue weighted by Crippen LogP contribution is 2.25. The molecular formula is C13H18N2. The Hall–Kier alpha value is -1.44. The van der Waals surface area contributed by atoms with E-state index < -0.39 is 0 Å². The van der Waals surface area contributed by atoms with E-state index in [1.165, 1.54) is 11.3 Å². The SMILES string of the molecule is CC1=CNC(C)(C)N(c2ccccc2)C1. The average molecular weight is 202 g/mol. The first-order valence-electron chi connectivity index (χ1n) is 5.36. The molecule has 2 rings (SSSR count). The first-order valence-corrected chi connectivity index (χ1v) is 5.36. The molecule has 0 fully saturated rings. The van der Waals surface area contributed by atoms with Crippen molar-refractivity contribution in [3.05, 3.63) is 42.1 Å². The highest BCUT2D eigenvalue weighted by Gasteiger charge is 2.28. The second-order valence-electron chi connectivity index (χ2n) is 4.62. The zero-order valence-electron chi connectivity index (χ0n) is 9.62. The molecule has 0 saturated carbocycles. The molecule has 0 aromatic heterocycles. The first-order chi connectivity index (χ1) is 7.09. The van der Waals surface area contributed by atoms with E-state index in [1.807, 2.05) is 0 Å². The van der Waals surface area contributed by atoms with E-state index in [0.717, 1.165) is 6.54 Å². The normalized spacial score (nSPS) is 19.4. The van der Waals surface area contributed by atoms with Gasteiger partial charge < -0.3 is 10.2 Å². The van der Waals surface area contributed by atoms with Crippen LogP contribution in [0.5, 0.6) is 0 Å². The Balaban J connectivity index is 2.32. The number of nitrogens with zero attached hydrogens (tertiary/aromatic N) is 1. The number of hydrogen-bond donors (Lipinski definition) is 1. The van der Waals surface area contributed by atoms with Crippen LogP contribution in [-0.2, 0) is 0 Å². The second-order valence-corrected chi connectivity index (χ2v) is 4.62. The molecule has 0 unspecified atom stereocenters. The van der Waals surface area contributed by atoms with E-state index in [1.54, 1.807) is 0 Å². The minimum Gasteiger partial charge on any atom is -0.369 e. The fourth-order valence-electron chi connectivity index (χ4n) is 1.89. The molecule has 2 heteroatoms. The zero-order chi connectivity index (χ0) is 10.9. The minimum absolute atomic E-state index is 0.0130. The van der Waals surface area contributed by atoms with Crippen molar-refractivity contribution in [1.82, 2.24) is 5.32 Å². The topological polar surface area (TPSA) is 15.3 Å². The Morgan fingerprint density at radius 1 is 1.20 bits per heavy atom.